The van der Waals surface area contributed by atoms with Crippen LogP contribution < -0.4 is 21.7 Å². The Hall–Kier alpha value is -1.58. The van der Waals surface area contributed by atoms with Gasteiger partial charge in [-0.1, -0.05) is 44.2 Å². The van der Waals surface area contributed by atoms with Gasteiger partial charge in [0.05, 0.1) is 13.1 Å². The van der Waals surface area contributed by atoms with E-state index >= 15 is 0 Å². The van der Waals surface area contributed by atoms with E-state index in [1.807, 2.05) is 66.2 Å². The topological polar surface area (TPSA) is 130 Å². The van der Waals surface area contributed by atoms with Crippen LogP contribution in [0.4, 0.5) is 0 Å². The van der Waals surface area contributed by atoms with E-state index in [0.717, 1.165) is 5.56 Å². The Labute approximate surface area is 185 Å². The first-order chi connectivity index (χ1) is 13.8. The fraction of sp³-hybridized carbons (Fsp3) is 0.474. The zero-order chi connectivity index (χ0) is 21.8. The highest BCUT2D eigenvalue weighted by Gasteiger charge is 2.27. The molecule has 160 valence electrons. The molecule has 1 aromatic carbocycles. The van der Waals surface area contributed by atoms with Crippen molar-refractivity contribution < 1.29 is 19.2 Å². The molecule has 0 aliphatic heterocycles. The number of amides is 3. The first-order valence-electron chi connectivity index (χ1n) is 9.27. The largest absolute Gasteiger partial charge is 0.347 e. The second-order valence-electron chi connectivity index (χ2n) is 6.94. The summed E-state index contributed by atoms with van der Waals surface area (Å²) in [5, 5.41) is 7.91. The maximum atomic E-state index is 12.9. The van der Waals surface area contributed by atoms with Crippen LogP contribution in [0, 0.1) is 5.92 Å². The van der Waals surface area contributed by atoms with Crippen LogP contribution in [0.1, 0.15) is 25.8 Å². The summed E-state index contributed by atoms with van der Waals surface area (Å²) >= 11 is 1.96. The number of carbonyl (C=O) groups is 4. The summed E-state index contributed by atoms with van der Waals surface area (Å²) in [5.74, 6) is -1.21. The van der Waals surface area contributed by atoms with Gasteiger partial charge in [0.2, 0.25) is 17.7 Å². The van der Waals surface area contributed by atoms with Gasteiger partial charge in [0, 0.05) is 12.6 Å². The van der Waals surface area contributed by atoms with E-state index in [9.17, 15) is 19.2 Å². The van der Waals surface area contributed by atoms with Crippen LogP contribution in [-0.2, 0) is 25.6 Å². The highest BCUT2D eigenvalue weighted by atomic mass is 127. The van der Waals surface area contributed by atoms with Crippen molar-refractivity contribution in [2.24, 2.45) is 11.7 Å². The minimum Gasteiger partial charge on any atom is -0.347 e. The minimum absolute atomic E-state index is 0.0631. The zero-order valence-corrected chi connectivity index (χ0v) is 19.7. The van der Waals surface area contributed by atoms with Gasteiger partial charge in [0.1, 0.15) is 12.1 Å². The monoisotopic (exact) mass is 534 g/mol. The van der Waals surface area contributed by atoms with Gasteiger partial charge in [-0.3, -0.25) is 19.2 Å². The SMILES string of the molecule is CC(C)CC(NC(=O)C(Cc1ccccc1)NC(=O)CN)C(=O)NCC(=O)PI. The first kappa shape index (κ1) is 25.5. The maximum absolute atomic E-state index is 12.9. The van der Waals surface area contributed by atoms with Crippen LogP contribution in [0.3, 0.4) is 0 Å². The van der Waals surface area contributed by atoms with Crippen LogP contribution in [0.25, 0.3) is 0 Å². The summed E-state index contributed by atoms with van der Waals surface area (Å²) in [7, 11) is 0. The summed E-state index contributed by atoms with van der Waals surface area (Å²) in [6, 6.07) is 7.57. The van der Waals surface area contributed by atoms with E-state index in [1.54, 1.807) is 0 Å². The predicted molar refractivity (Wildman–Crippen MR) is 123 cm³/mol. The number of carbonyl (C=O) groups excluding carboxylic acids is 4. The molecule has 29 heavy (non-hydrogen) atoms. The lowest BCUT2D eigenvalue weighted by molar-refractivity contribution is -0.132. The van der Waals surface area contributed by atoms with Gasteiger partial charge < -0.3 is 21.7 Å². The van der Waals surface area contributed by atoms with Gasteiger partial charge in [0.15, 0.2) is 5.52 Å². The van der Waals surface area contributed by atoms with E-state index in [-0.39, 0.29) is 37.2 Å². The fourth-order valence-electron chi connectivity index (χ4n) is 2.61. The van der Waals surface area contributed by atoms with Crippen molar-refractivity contribution in [3.8, 4) is 0 Å². The zero-order valence-electron chi connectivity index (χ0n) is 16.5. The molecular weight excluding hydrogens is 506 g/mol. The molecule has 0 spiro atoms. The van der Waals surface area contributed by atoms with Crippen molar-refractivity contribution in [2.45, 2.75) is 38.8 Å². The van der Waals surface area contributed by atoms with Gasteiger partial charge in [-0.25, -0.2) is 0 Å². The lowest BCUT2D eigenvalue weighted by Gasteiger charge is -2.24. The van der Waals surface area contributed by atoms with E-state index in [0.29, 0.717) is 6.42 Å². The Bertz CT molecular complexity index is 703. The van der Waals surface area contributed by atoms with Crippen molar-refractivity contribution in [2.75, 3.05) is 13.1 Å². The Morgan fingerprint density at radius 3 is 2.24 bits per heavy atom. The van der Waals surface area contributed by atoms with Crippen LogP contribution in [0.15, 0.2) is 30.3 Å². The molecule has 0 saturated heterocycles. The van der Waals surface area contributed by atoms with Crippen molar-refractivity contribution in [3.05, 3.63) is 35.9 Å². The third-order valence-electron chi connectivity index (χ3n) is 3.99. The van der Waals surface area contributed by atoms with Gasteiger partial charge >= 0.3 is 0 Å². The normalized spacial score (nSPS) is 13.1. The fourth-order valence-corrected chi connectivity index (χ4v) is 3.34. The summed E-state index contributed by atoms with van der Waals surface area (Å²) in [4.78, 5) is 48.7. The third-order valence-corrected chi connectivity index (χ3v) is 6.18. The van der Waals surface area contributed by atoms with E-state index in [4.69, 9.17) is 5.73 Å². The van der Waals surface area contributed by atoms with Crippen LogP contribution in [0.5, 0.6) is 0 Å². The molecule has 0 aliphatic rings. The Morgan fingerprint density at radius 1 is 1.03 bits per heavy atom. The lowest BCUT2D eigenvalue weighted by atomic mass is 10.0. The van der Waals surface area contributed by atoms with Crippen molar-refractivity contribution in [1.29, 1.82) is 0 Å². The summed E-state index contributed by atoms with van der Waals surface area (Å²) in [6.45, 7) is 3.55. The number of nitrogens with one attached hydrogen (secondary N) is 3. The molecule has 0 aliphatic carbocycles. The molecule has 0 heterocycles. The number of hydrogen-bond donors (Lipinski definition) is 4. The molecule has 5 N–H and O–H groups in total. The molecule has 0 bridgehead atoms. The van der Waals surface area contributed by atoms with Crippen LogP contribution >= 0.6 is 28.3 Å². The average molecular weight is 534 g/mol. The predicted octanol–water partition coefficient (Wildman–Crippen LogP) is 0.875. The number of halogens is 1. The van der Waals surface area contributed by atoms with E-state index < -0.39 is 29.8 Å². The number of hydrogen-bond acceptors (Lipinski definition) is 5. The van der Waals surface area contributed by atoms with Crippen molar-refractivity contribution in [1.82, 2.24) is 16.0 Å². The van der Waals surface area contributed by atoms with Gasteiger partial charge in [-0.05, 0) is 39.9 Å². The molecular formula is C19H28IN4O4P. The number of benzene rings is 1. The number of rotatable bonds is 12. The first-order valence-corrected chi connectivity index (χ1v) is 13.4. The summed E-state index contributed by atoms with van der Waals surface area (Å²) < 4.78 is 0. The molecule has 8 nitrogen and oxygen atoms in total. The molecule has 3 amide bonds. The van der Waals surface area contributed by atoms with E-state index in [1.165, 1.54) is 0 Å². The van der Waals surface area contributed by atoms with E-state index in [2.05, 4.69) is 16.0 Å². The second kappa shape index (κ2) is 13.6. The lowest BCUT2D eigenvalue weighted by Crippen LogP contribution is -2.55. The van der Waals surface area contributed by atoms with Crippen molar-refractivity contribution >= 4 is 51.5 Å². The molecule has 3 unspecified atom stereocenters. The Kier molecular flexibility index (Phi) is 11.9. The standard InChI is InChI=1S/C19H28IN4O4P/c1-12(2)8-14(18(27)22-11-17(26)29-20)24-19(28)15(23-16(25)10-21)9-13-6-4-3-5-7-13/h3-7,12,14-15,29H,8-11,21H2,1-2H3,(H,22,27)(H,23,25)(H,24,28). The van der Waals surface area contributed by atoms with Crippen molar-refractivity contribution in [3.63, 3.8) is 0 Å². The Morgan fingerprint density at radius 2 is 1.69 bits per heavy atom. The smallest absolute Gasteiger partial charge is 0.243 e. The van der Waals surface area contributed by atoms with Gasteiger partial charge in [0.25, 0.3) is 0 Å². The van der Waals surface area contributed by atoms with Gasteiger partial charge in [-0.15, -0.1) is 0 Å². The Balaban J connectivity index is 2.89. The van der Waals surface area contributed by atoms with Gasteiger partial charge in [-0.2, -0.15) is 0 Å². The number of nitrogens with two attached hydrogens (primary N) is 1. The highest BCUT2D eigenvalue weighted by Crippen LogP contribution is 2.20. The molecule has 0 aromatic heterocycles. The molecule has 10 heteroatoms. The molecule has 1 aromatic rings. The average Bonchev–Trinajstić information content (AvgIpc) is 2.70. The summed E-state index contributed by atoms with van der Waals surface area (Å²) in [5.41, 5.74) is 6.16. The maximum Gasteiger partial charge on any atom is 0.243 e. The minimum atomic E-state index is -0.867. The molecule has 0 saturated carbocycles. The molecule has 1 rings (SSSR count). The quantitative estimate of drug-likeness (QED) is 0.234. The third kappa shape index (κ3) is 10.1. The molecule has 0 radical (unpaired) electrons. The highest BCUT2D eigenvalue weighted by molar-refractivity contribution is 14.2. The molecule has 0 fully saturated rings. The van der Waals surface area contributed by atoms with Crippen LogP contribution in [0.2, 0.25) is 0 Å². The van der Waals surface area contributed by atoms with Crippen LogP contribution in [-0.4, -0.2) is 48.4 Å². The second-order valence-corrected chi connectivity index (χ2v) is 9.30. The molecule has 3 atom stereocenters. The summed E-state index contributed by atoms with van der Waals surface area (Å²) in [6.07, 6.45) is 0.734.